The summed E-state index contributed by atoms with van der Waals surface area (Å²) in [5.74, 6) is 1.37. The second-order valence-electron chi connectivity index (χ2n) is 4.94. The molecule has 0 aliphatic carbocycles. The van der Waals surface area contributed by atoms with Gasteiger partial charge in [-0.15, -0.1) is 0 Å². The molecule has 1 N–H and O–H groups in total. The van der Waals surface area contributed by atoms with E-state index in [1.807, 2.05) is 11.8 Å². The zero-order valence-electron chi connectivity index (χ0n) is 12.2. The predicted octanol–water partition coefficient (Wildman–Crippen LogP) is 1.73. The van der Waals surface area contributed by atoms with Crippen LogP contribution in [-0.2, 0) is 9.47 Å². The van der Waals surface area contributed by atoms with Crippen LogP contribution in [0.2, 0.25) is 0 Å². The van der Waals surface area contributed by atoms with Gasteiger partial charge in [0.25, 0.3) is 5.91 Å². The maximum absolute atomic E-state index is 12.1. The van der Waals surface area contributed by atoms with E-state index in [0.717, 1.165) is 17.9 Å². The maximum atomic E-state index is 12.1. The fourth-order valence-electron chi connectivity index (χ4n) is 2.18. The van der Waals surface area contributed by atoms with Crippen molar-refractivity contribution in [3.8, 4) is 0 Å². The minimum Gasteiger partial charge on any atom is -0.465 e. The van der Waals surface area contributed by atoms with Crippen LogP contribution in [0.5, 0.6) is 0 Å². The number of thioether (sulfide) groups is 1. The predicted molar refractivity (Wildman–Crippen MR) is 81.8 cm³/mol. The maximum Gasteiger partial charge on any atom is 0.337 e. The van der Waals surface area contributed by atoms with Gasteiger partial charge in [-0.1, -0.05) is 0 Å². The fourth-order valence-corrected chi connectivity index (χ4v) is 3.58. The Morgan fingerprint density at radius 3 is 2.43 bits per heavy atom. The van der Waals surface area contributed by atoms with Crippen LogP contribution < -0.4 is 5.32 Å². The third kappa shape index (κ3) is 3.77. The van der Waals surface area contributed by atoms with Crippen LogP contribution in [0.25, 0.3) is 0 Å². The molecule has 0 saturated carbocycles. The van der Waals surface area contributed by atoms with E-state index >= 15 is 0 Å². The van der Waals surface area contributed by atoms with E-state index in [1.54, 1.807) is 31.4 Å². The second kappa shape index (κ2) is 6.95. The van der Waals surface area contributed by atoms with Crippen molar-refractivity contribution < 1.29 is 19.1 Å². The molecule has 1 fully saturated rings. The highest BCUT2D eigenvalue weighted by Gasteiger charge is 2.34. The van der Waals surface area contributed by atoms with E-state index in [2.05, 4.69) is 10.1 Å². The number of ether oxygens (including phenoxy) is 2. The number of carbonyl (C=O) groups excluding carboxylic acids is 2. The molecule has 0 radical (unpaired) electrons. The molecule has 1 heterocycles. The lowest BCUT2D eigenvalue weighted by atomic mass is 10.0. The Morgan fingerprint density at radius 1 is 1.24 bits per heavy atom. The first-order valence-electron chi connectivity index (χ1n) is 6.70. The molecule has 1 amide bonds. The van der Waals surface area contributed by atoms with Crippen molar-refractivity contribution in [1.82, 2.24) is 5.32 Å². The fraction of sp³-hybridized carbons (Fsp3) is 0.467. The van der Waals surface area contributed by atoms with E-state index in [1.165, 1.54) is 7.11 Å². The summed E-state index contributed by atoms with van der Waals surface area (Å²) >= 11 is 1.83. The van der Waals surface area contributed by atoms with E-state index in [9.17, 15) is 9.59 Å². The topological polar surface area (TPSA) is 64.6 Å². The molecule has 21 heavy (non-hydrogen) atoms. The Labute approximate surface area is 128 Å². The number of rotatable bonds is 5. The molecule has 114 valence electrons. The molecule has 0 spiro atoms. The average molecular weight is 309 g/mol. The molecule has 6 heteroatoms. The summed E-state index contributed by atoms with van der Waals surface area (Å²) in [6, 6.07) is 6.39. The molecular formula is C15H19NO4S. The van der Waals surface area contributed by atoms with Crippen LogP contribution >= 0.6 is 11.8 Å². The lowest BCUT2D eigenvalue weighted by Gasteiger charge is -2.26. The van der Waals surface area contributed by atoms with Crippen molar-refractivity contribution in [2.45, 2.75) is 12.0 Å². The van der Waals surface area contributed by atoms with Crippen molar-refractivity contribution in [1.29, 1.82) is 0 Å². The van der Waals surface area contributed by atoms with E-state index in [-0.39, 0.29) is 11.5 Å². The Hall–Kier alpha value is -1.53. The standard InChI is InChI=1S/C15H19NO4S/c1-19-14(18)12-5-3-11(4-6-12)13(17)16-9-15(20-2)7-8-21-10-15/h3-6H,7-10H2,1-2H3,(H,16,17). The van der Waals surface area contributed by atoms with Crippen molar-refractivity contribution in [3.63, 3.8) is 0 Å². The van der Waals surface area contributed by atoms with E-state index < -0.39 is 5.97 Å². The molecule has 1 aliphatic heterocycles. The Balaban J connectivity index is 1.95. The quantitative estimate of drug-likeness (QED) is 0.839. The van der Waals surface area contributed by atoms with Crippen LogP contribution in [0, 0.1) is 0 Å². The monoisotopic (exact) mass is 309 g/mol. The van der Waals surface area contributed by atoms with Gasteiger partial charge in [0.2, 0.25) is 0 Å². The molecule has 1 aliphatic rings. The summed E-state index contributed by atoms with van der Waals surface area (Å²) in [5, 5.41) is 2.90. The number of nitrogens with one attached hydrogen (secondary N) is 1. The molecule has 1 aromatic carbocycles. The third-order valence-corrected chi connectivity index (χ3v) is 4.86. The lowest BCUT2D eigenvalue weighted by Crippen LogP contribution is -2.44. The van der Waals surface area contributed by atoms with Crippen LogP contribution in [0.15, 0.2) is 24.3 Å². The zero-order chi connectivity index (χ0) is 15.3. The Morgan fingerprint density at radius 2 is 1.90 bits per heavy atom. The van der Waals surface area contributed by atoms with Gasteiger partial charge in [-0.3, -0.25) is 4.79 Å². The molecule has 1 aromatic rings. The number of hydrogen-bond acceptors (Lipinski definition) is 5. The SMILES string of the molecule is COC(=O)c1ccc(C(=O)NCC2(OC)CCSC2)cc1. The smallest absolute Gasteiger partial charge is 0.337 e. The van der Waals surface area contributed by atoms with Crippen molar-refractivity contribution in [2.75, 3.05) is 32.3 Å². The summed E-state index contributed by atoms with van der Waals surface area (Å²) in [6.07, 6.45) is 0.940. The van der Waals surface area contributed by atoms with Gasteiger partial charge in [0, 0.05) is 25.0 Å². The highest BCUT2D eigenvalue weighted by molar-refractivity contribution is 7.99. The van der Waals surface area contributed by atoms with Gasteiger partial charge in [-0.05, 0) is 36.4 Å². The number of carbonyl (C=O) groups is 2. The van der Waals surface area contributed by atoms with Gasteiger partial charge in [-0.2, -0.15) is 11.8 Å². The minimum absolute atomic E-state index is 0.167. The van der Waals surface area contributed by atoms with Gasteiger partial charge < -0.3 is 14.8 Å². The summed E-state index contributed by atoms with van der Waals surface area (Å²) in [4.78, 5) is 23.5. The molecule has 1 unspecified atom stereocenters. The van der Waals surface area contributed by atoms with Crippen molar-refractivity contribution in [2.24, 2.45) is 0 Å². The minimum atomic E-state index is -0.414. The molecule has 2 rings (SSSR count). The largest absolute Gasteiger partial charge is 0.465 e. The van der Waals surface area contributed by atoms with Gasteiger partial charge in [0.15, 0.2) is 0 Å². The van der Waals surface area contributed by atoms with Gasteiger partial charge in [0.1, 0.15) is 0 Å². The molecule has 5 nitrogen and oxygen atoms in total. The molecule has 0 aromatic heterocycles. The lowest BCUT2D eigenvalue weighted by molar-refractivity contribution is 0.0137. The second-order valence-corrected chi connectivity index (χ2v) is 6.05. The van der Waals surface area contributed by atoms with Gasteiger partial charge >= 0.3 is 5.97 Å². The van der Waals surface area contributed by atoms with Crippen LogP contribution in [0.1, 0.15) is 27.1 Å². The highest BCUT2D eigenvalue weighted by Crippen LogP contribution is 2.30. The summed E-state index contributed by atoms with van der Waals surface area (Å²) in [5.41, 5.74) is 0.681. The number of methoxy groups -OCH3 is 2. The molecule has 1 saturated heterocycles. The summed E-state index contributed by atoms with van der Waals surface area (Å²) in [7, 11) is 3.01. The zero-order valence-corrected chi connectivity index (χ0v) is 13.0. The number of amides is 1. The Bertz CT molecular complexity index is 509. The van der Waals surface area contributed by atoms with Gasteiger partial charge in [0.05, 0.1) is 18.3 Å². The van der Waals surface area contributed by atoms with E-state index in [4.69, 9.17) is 4.74 Å². The number of esters is 1. The number of benzene rings is 1. The van der Waals surface area contributed by atoms with E-state index in [0.29, 0.717) is 17.7 Å². The van der Waals surface area contributed by atoms with Crippen LogP contribution in [-0.4, -0.2) is 49.7 Å². The average Bonchev–Trinajstić information content (AvgIpc) is 3.01. The van der Waals surface area contributed by atoms with Gasteiger partial charge in [-0.25, -0.2) is 4.79 Å². The molecule has 0 bridgehead atoms. The van der Waals surface area contributed by atoms with Crippen LogP contribution in [0.4, 0.5) is 0 Å². The first kappa shape index (κ1) is 15.9. The van der Waals surface area contributed by atoms with Crippen molar-refractivity contribution in [3.05, 3.63) is 35.4 Å². The first-order valence-corrected chi connectivity index (χ1v) is 7.85. The summed E-state index contributed by atoms with van der Waals surface area (Å²) in [6.45, 7) is 0.494. The molecule has 1 atom stereocenters. The Kier molecular flexibility index (Phi) is 5.25. The first-order chi connectivity index (χ1) is 10.1. The normalized spacial score (nSPS) is 21.0. The summed E-state index contributed by atoms with van der Waals surface area (Å²) < 4.78 is 10.2. The van der Waals surface area contributed by atoms with Crippen LogP contribution in [0.3, 0.4) is 0 Å². The highest BCUT2D eigenvalue weighted by atomic mass is 32.2. The number of hydrogen-bond donors (Lipinski definition) is 1. The van der Waals surface area contributed by atoms with Crippen molar-refractivity contribution >= 4 is 23.6 Å². The molecular weight excluding hydrogens is 290 g/mol. The third-order valence-electron chi connectivity index (χ3n) is 3.64.